The number of halogens is 2. The summed E-state index contributed by atoms with van der Waals surface area (Å²) in [6.07, 6.45) is 1.23. The Morgan fingerprint density at radius 1 is 1.29 bits per heavy atom. The maximum Gasteiger partial charge on any atom is 0.123 e. The molecule has 1 fully saturated rings. The van der Waals surface area contributed by atoms with Crippen molar-refractivity contribution in [1.82, 2.24) is 0 Å². The molecule has 1 aromatic rings. The van der Waals surface area contributed by atoms with Crippen LogP contribution in [0.4, 0.5) is 4.39 Å². The summed E-state index contributed by atoms with van der Waals surface area (Å²) in [6.45, 7) is 4.46. The van der Waals surface area contributed by atoms with Crippen LogP contribution in [0.5, 0.6) is 0 Å². The van der Waals surface area contributed by atoms with E-state index in [1.807, 2.05) is 12.1 Å². The van der Waals surface area contributed by atoms with Gasteiger partial charge in [-0.15, -0.1) is 0 Å². The predicted octanol–water partition coefficient (Wildman–Crippen LogP) is 3.89. The van der Waals surface area contributed by atoms with Crippen molar-refractivity contribution in [3.63, 3.8) is 0 Å². The third kappa shape index (κ3) is 1.72. The van der Waals surface area contributed by atoms with Crippen LogP contribution in [-0.2, 0) is 5.41 Å². The highest BCUT2D eigenvalue weighted by Crippen LogP contribution is 2.51. The van der Waals surface area contributed by atoms with Gasteiger partial charge in [-0.2, -0.15) is 0 Å². The minimum atomic E-state index is -0.157. The molecule has 0 heterocycles. The van der Waals surface area contributed by atoms with Crippen LogP contribution in [-0.4, -0.2) is 4.83 Å². The molecule has 0 spiro atoms. The Hall–Kier alpha value is -0.370. The second kappa shape index (κ2) is 3.34. The van der Waals surface area contributed by atoms with Crippen molar-refractivity contribution in [2.24, 2.45) is 5.92 Å². The lowest BCUT2D eigenvalue weighted by molar-refractivity contribution is 0.456. The molecule has 0 radical (unpaired) electrons. The third-order valence-electron chi connectivity index (χ3n) is 3.23. The van der Waals surface area contributed by atoms with E-state index in [0.717, 1.165) is 0 Å². The Morgan fingerprint density at radius 2 is 1.79 bits per heavy atom. The summed E-state index contributed by atoms with van der Waals surface area (Å²) in [6, 6.07) is 6.88. The Labute approximate surface area is 92.6 Å². The molecule has 0 saturated heterocycles. The van der Waals surface area contributed by atoms with Crippen LogP contribution >= 0.6 is 15.9 Å². The van der Waals surface area contributed by atoms with E-state index in [2.05, 4.69) is 29.8 Å². The Balaban J connectivity index is 2.25. The Bertz CT molecular complexity index is 329. The van der Waals surface area contributed by atoms with Gasteiger partial charge in [0.1, 0.15) is 5.82 Å². The predicted molar refractivity (Wildman–Crippen MR) is 60.2 cm³/mol. The molecule has 76 valence electrons. The number of benzene rings is 1. The molecule has 1 aliphatic carbocycles. The molecule has 2 atom stereocenters. The molecule has 0 unspecified atom stereocenters. The van der Waals surface area contributed by atoms with Gasteiger partial charge in [-0.25, -0.2) is 4.39 Å². The number of hydrogen-bond donors (Lipinski definition) is 0. The quantitative estimate of drug-likeness (QED) is 0.705. The number of rotatable bonds is 2. The van der Waals surface area contributed by atoms with Gasteiger partial charge in [-0.1, -0.05) is 41.9 Å². The SMILES string of the molecule is CC(C)(c1ccc(F)cc1)[C@@H]1C[C@H]1Br. The van der Waals surface area contributed by atoms with Crippen LogP contribution in [0.2, 0.25) is 0 Å². The minimum Gasteiger partial charge on any atom is -0.207 e. The lowest BCUT2D eigenvalue weighted by Gasteiger charge is -2.25. The summed E-state index contributed by atoms with van der Waals surface area (Å²) >= 11 is 3.62. The molecule has 1 aliphatic rings. The van der Waals surface area contributed by atoms with Gasteiger partial charge in [0.2, 0.25) is 0 Å². The second-order valence-electron chi connectivity index (χ2n) is 4.59. The van der Waals surface area contributed by atoms with Crippen LogP contribution in [0.25, 0.3) is 0 Å². The first-order valence-electron chi connectivity index (χ1n) is 4.92. The van der Waals surface area contributed by atoms with E-state index in [1.165, 1.54) is 12.0 Å². The summed E-state index contributed by atoms with van der Waals surface area (Å²) in [5.74, 6) is 0.531. The van der Waals surface area contributed by atoms with Gasteiger partial charge < -0.3 is 0 Å². The first-order chi connectivity index (χ1) is 6.51. The number of hydrogen-bond acceptors (Lipinski definition) is 0. The highest BCUT2D eigenvalue weighted by Gasteiger charge is 2.46. The fourth-order valence-electron chi connectivity index (χ4n) is 2.00. The molecular formula is C12H14BrF. The lowest BCUT2D eigenvalue weighted by atomic mass is 9.80. The summed E-state index contributed by atoms with van der Waals surface area (Å²) in [5, 5.41) is 0. The zero-order chi connectivity index (χ0) is 10.3. The Morgan fingerprint density at radius 3 is 2.21 bits per heavy atom. The average Bonchev–Trinajstić information content (AvgIpc) is 2.84. The molecule has 0 amide bonds. The largest absolute Gasteiger partial charge is 0.207 e. The summed E-state index contributed by atoms with van der Waals surface area (Å²) in [7, 11) is 0. The normalized spacial score (nSPS) is 26.3. The maximum atomic E-state index is 12.8. The highest BCUT2D eigenvalue weighted by molar-refractivity contribution is 9.09. The molecule has 14 heavy (non-hydrogen) atoms. The molecule has 2 heteroatoms. The highest BCUT2D eigenvalue weighted by atomic mass is 79.9. The zero-order valence-electron chi connectivity index (χ0n) is 8.43. The summed E-state index contributed by atoms with van der Waals surface area (Å²) in [4.78, 5) is 0.641. The Kier molecular flexibility index (Phi) is 2.42. The molecular weight excluding hydrogens is 243 g/mol. The van der Waals surface area contributed by atoms with Crippen LogP contribution in [0, 0.1) is 11.7 Å². The molecule has 0 bridgehead atoms. The van der Waals surface area contributed by atoms with Crippen LogP contribution < -0.4 is 0 Å². The first-order valence-corrected chi connectivity index (χ1v) is 5.83. The topological polar surface area (TPSA) is 0 Å². The van der Waals surface area contributed by atoms with Crippen LogP contribution in [0.3, 0.4) is 0 Å². The van der Waals surface area contributed by atoms with Gasteiger partial charge in [0.05, 0.1) is 0 Å². The summed E-state index contributed by atoms with van der Waals surface area (Å²) < 4.78 is 12.8. The van der Waals surface area contributed by atoms with Gasteiger partial charge in [0.15, 0.2) is 0 Å². The van der Waals surface area contributed by atoms with E-state index in [-0.39, 0.29) is 11.2 Å². The fourth-order valence-corrected chi connectivity index (χ4v) is 3.07. The molecule has 0 N–H and O–H groups in total. The standard InChI is InChI=1S/C12H14BrF/c1-12(2,10-7-11(10)13)8-3-5-9(14)6-4-8/h3-6,10-11H,7H2,1-2H3/t10-,11-/m1/s1. The van der Waals surface area contributed by atoms with Gasteiger partial charge in [0, 0.05) is 4.83 Å². The van der Waals surface area contributed by atoms with Gasteiger partial charge in [0.25, 0.3) is 0 Å². The third-order valence-corrected chi connectivity index (χ3v) is 4.24. The average molecular weight is 257 g/mol. The van der Waals surface area contributed by atoms with Crippen molar-refractivity contribution in [3.8, 4) is 0 Å². The van der Waals surface area contributed by atoms with E-state index < -0.39 is 0 Å². The molecule has 2 rings (SSSR count). The maximum absolute atomic E-state index is 12.8. The van der Waals surface area contributed by atoms with Crippen molar-refractivity contribution in [3.05, 3.63) is 35.6 Å². The van der Waals surface area contributed by atoms with Gasteiger partial charge >= 0.3 is 0 Å². The molecule has 1 saturated carbocycles. The van der Waals surface area contributed by atoms with E-state index in [0.29, 0.717) is 10.7 Å². The van der Waals surface area contributed by atoms with E-state index in [4.69, 9.17) is 0 Å². The van der Waals surface area contributed by atoms with Crippen molar-refractivity contribution in [2.75, 3.05) is 0 Å². The monoisotopic (exact) mass is 256 g/mol. The second-order valence-corrected chi connectivity index (χ2v) is 5.76. The van der Waals surface area contributed by atoms with Crippen molar-refractivity contribution in [1.29, 1.82) is 0 Å². The number of alkyl halides is 1. The molecule has 0 aromatic heterocycles. The van der Waals surface area contributed by atoms with Gasteiger partial charge in [-0.05, 0) is 35.4 Å². The smallest absolute Gasteiger partial charge is 0.123 e. The zero-order valence-corrected chi connectivity index (χ0v) is 10.0. The summed E-state index contributed by atoms with van der Waals surface area (Å²) in [5.41, 5.74) is 1.38. The van der Waals surface area contributed by atoms with Crippen molar-refractivity contribution in [2.45, 2.75) is 30.5 Å². The van der Waals surface area contributed by atoms with Crippen LogP contribution in [0.15, 0.2) is 24.3 Å². The van der Waals surface area contributed by atoms with E-state index >= 15 is 0 Å². The van der Waals surface area contributed by atoms with E-state index in [1.54, 1.807) is 12.1 Å². The minimum absolute atomic E-state index is 0.155. The van der Waals surface area contributed by atoms with Crippen LogP contribution in [0.1, 0.15) is 25.8 Å². The van der Waals surface area contributed by atoms with E-state index in [9.17, 15) is 4.39 Å². The first kappa shape index (κ1) is 10.2. The van der Waals surface area contributed by atoms with Gasteiger partial charge in [-0.3, -0.25) is 0 Å². The molecule has 0 nitrogen and oxygen atoms in total. The van der Waals surface area contributed by atoms with Crippen molar-refractivity contribution < 1.29 is 4.39 Å². The molecule has 0 aliphatic heterocycles. The lowest BCUT2D eigenvalue weighted by Crippen LogP contribution is -2.21. The molecule has 1 aromatic carbocycles. The fraction of sp³-hybridized carbons (Fsp3) is 0.500. The van der Waals surface area contributed by atoms with Crippen molar-refractivity contribution >= 4 is 15.9 Å².